The van der Waals surface area contributed by atoms with Crippen LogP contribution in [0, 0.1) is 27.7 Å². The fraction of sp³-hybridized carbons (Fsp3) is 0.235. The average Bonchev–Trinajstić information content (AvgIpc) is 3.32. The van der Waals surface area contributed by atoms with Crippen molar-refractivity contribution >= 4 is 52.6 Å². The molecular weight excluding hydrogens is 889 g/mol. The number of phenolic OH excluding ortho intramolecular Hbond substituents is 2. The number of aromatic nitrogens is 3. The zero-order chi connectivity index (χ0) is 51.0. The summed E-state index contributed by atoms with van der Waals surface area (Å²) in [6, 6.07) is 29.6. The van der Waals surface area contributed by atoms with Crippen LogP contribution in [-0.2, 0) is 19.1 Å². The molecule has 0 spiro atoms. The van der Waals surface area contributed by atoms with Gasteiger partial charge in [0.2, 0.25) is 29.5 Å². The van der Waals surface area contributed by atoms with Gasteiger partial charge in [-0.05, 0) is 105 Å². The van der Waals surface area contributed by atoms with Crippen LogP contribution < -0.4 is 30.6 Å². The van der Waals surface area contributed by atoms with Crippen molar-refractivity contribution in [3.8, 4) is 29.1 Å². The standard InChI is InChI=1S/C17H18N2O3.C15H14N2O5.C13H16O3.C6H8N2O/c1-11-7-8-13(9-12(11)2)14(20)10-16(21)18-15-5-4-6-17(19-15)22-3;1-22-15-4-2-3-13(17-15)16-14(21)8-11(19)9-5-6-10(18)12(20)7-9;1-4-16-13(15)8-12(14)11-6-5-9(2)10(3)7-11;1-9-6-4-2-3-5(7)8-6/h4-9H,10H2,1-3H3,(H,18,19,21);2-7,18,20H,8H2,1H3,(H,16,17,21);5-7H,4,8H2,1-3H3;2-4H,1H3,(H2,7,8). The number of rotatable bonds is 15. The van der Waals surface area contributed by atoms with E-state index in [2.05, 4.69) is 25.6 Å². The Bertz CT molecular complexity index is 2620. The minimum Gasteiger partial charge on any atom is -0.504 e. The zero-order valence-corrected chi connectivity index (χ0v) is 39.6. The van der Waals surface area contributed by atoms with Gasteiger partial charge in [-0.1, -0.05) is 42.5 Å². The highest BCUT2D eigenvalue weighted by atomic mass is 16.5. The van der Waals surface area contributed by atoms with Crippen molar-refractivity contribution in [3.05, 3.63) is 148 Å². The van der Waals surface area contributed by atoms with E-state index in [9.17, 15) is 39.0 Å². The molecule has 3 aromatic carbocycles. The summed E-state index contributed by atoms with van der Waals surface area (Å²) < 4.78 is 19.4. The van der Waals surface area contributed by atoms with E-state index >= 15 is 0 Å². The van der Waals surface area contributed by atoms with E-state index in [0.29, 0.717) is 47.0 Å². The summed E-state index contributed by atoms with van der Waals surface area (Å²) in [6.45, 7) is 9.86. The number of nitrogens with two attached hydrogens (primary N) is 1. The number of nitrogen functional groups attached to an aromatic ring is 1. The number of nitrogens with zero attached hydrogens (tertiary/aromatic N) is 3. The number of hydrogen-bond acceptors (Lipinski definition) is 16. The lowest BCUT2D eigenvalue weighted by Gasteiger charge is -2.07. The fourth-order valence-electron chi connectivity index (χ4n) is 5.58. The first kappa shape index (κ1) is 54.7. The third kappa shape index (κ3) is 19.0. The van der Waals surface area contributed by atoms with Crippen molar-refractivity contribution < 1.29 is 57.9 Å². The molecule has 0 atom stereocenters. The number of amides is 2. The highest BCUT2D eigenvalue weighted by molar-refractivity contribution is 6.11. The van der Waals surface area contributed by atoms with E-state index in [1.165, 1.54) is 26.4 Å². The average molecular weight is 945 g/mol. The largest absolute Gasteiger partial charge is 0.504 e. The molecule has 6 N–H and O–H groups in total. The number of carbonyl (C=O) groups is 6. The molecule has 6 aromatic rings. The Balaban J connectivity index is 0.000000254. The molecule has 69 heavy (non-hydrogen) atoms. The van der Waals surface area contributed by atoms with Crippen LogP contribution in [-0.4, -0.2) is 88.2 Å². The minimum absolute atomic E-state index is 0.129. The smallest absolute Gasteiger partial charge is 0.313 e. The van der Waals surface area contributed by atoms with Crippen molar-refractivity contribution in [3.63, 3.8) is 0 Å². The van der Waals surface area contributed by atoms with Gasteiger partial charge < -0.3 is 45.5 Å². The number of methoxy groups -OCH3 is 3. The molecule has 362 valence electrons. The van der Waals surface area contributed by atoms with Crippen molar-refractivity contribution in [1.82, 2.24) is 15.0 Å². The van der Waals surface area contributed by atoms with Crippen molar-refractivity contribution in [1.29, 1.82) is 0 Å². The van der Waals surface area contributed by atoms with Gasteiger partial charge in [-0.3, -0.25) is 28.8 Å². The van der Waals surface area contributed by atoms with Crippen LogP contribution in [0.5, 0.6) is 29.1 Å². The normalized spacial score (nSPS) is 9.91. The molecular formula is C51H56N6O12. The first-order chi connectivity index (χ1) is 32.8. The molecule has 0 saturated heterocycles. The minimum atomic E-state index is -0.543. The van der Waals surface area contributed by atoms with E-state index in [1.807, 2.05) is 39.8 Å². The Morgan fingerprint density at radius 2 is 0.913 bits per heavy atom. The second-order valence-corrected chi connectivity index (χ2v) is 14.7. The lowest BCUT2D eigenvalue weighted by molar-refractivity contribution is -0.142. The second-order valence-electron chi connectivity index (χ2n) is 14.7. The molecule has 18 nitrogen and oxygen atoms in total. The summed E-state index contributed by atoms with van der Waals surface area (Å²) >= 11 is 0. The van der Waals surface area contributed by atoms with Crippen LogP contribution in [0.1, 0.15) is 79.5 Å². The molecule has 0 aliphatic carbocycles. The first-order valence-corrected chi connectivity index (χ1v) is 21.2. The van der Waals surface area contributed by atoms with Crippen molar-refractivity contribution in [2.45, 2.75) is 53.9 Å². The van der Waals surface area contributed by atoms with Gasteiger partial charge in [0, 0.05) is 34.9 Å². The summed E-state index contributed by atoms with van der Waals surface area (Å²) in [5, 5.41) is 23.6. The SMILES string of the molecule is CCOC(=O)CC(=O)c1ccc(C)c(C)c1.COc1cccc(N)n1.COc1cccc(NC(=O)CC(=O)c2ccc(C)c(C)c2)n1.COc1cccc(NC(=O)CC(=O)c2ccc(O)c(O)c2)n1. The lowest BCUT2D eigenvalue weighted by Crippen LogP contribution is -2.17. The number of ketones is 3. The molecule has 0 radical (unpaired) electrons. The number of carbonyl (C=O) groups excluding carboxylic acids is 6. The molecule has 3 aromatic heterocycles. The Hall–Kier alpha value is -8.67. The Morgan fingerprint density at radius 1 is 0.507 bits per heavy atom. The number of ether oxygens (including phenoxy) is 4. The molecule has 2 amide bonds. The molecule has 6 rings (SSSR count). The molecule has 3 heterocycles. The maximum absolute atomic E-state index is 12.1. The summed E-state index contributed by atoms with van der Waals surface area (Å²) in [4.78, 5) is 82.6. The van der Waals surface area contributed by atoms with E-state index in [0.717, 1.165) is 28.3 Å². The van der Waals surface area contributed by atoms with E-state index in [4.69, 9.17) is 24.7 Å². The van der Waals surface area contributed by atoms with Gasteiger partial charge in [-0.25, -0.2) is 0 Å². The number of nitrogens with one attached hydrogen (secondary N) is 2. The highest BCUT2D eigenvalue weighted by Crippen LogP contribution is 2.25. The molecule has 0 bridgehead atoms. The predicted molar refractivity (Wildman–Crippen MR) is 259 cm³/mol. The maximum Gasteiger partial charge on any atom is 0.313 e. The summed E-state index contributed by atoms with van der Waals surface area (Å²) in [5.41, 5.74) is 10.9. The Labute approximate surface area is 399 Å². The second kappa shape index (κ2) is 27.7. The van der Waals surface area contributed by atoms with Crippen molar-refractivity contribution in [2.24, 2.45) is 0 Å². The number of aromatic hydroxyl groups is 2. The van der Waals surface area contributed by atoms with Crippen LogP contribution in [0.25, 0.3) is 0 Å². The topological polar surface area (TPSA) is 269 Å². The monoisotopic (exact) mass is 944 g/mol. The van der Waals surface area contributed by atoms with Gasteiger partial charge in [0.15, 0.2) is 28.8 Å². The summed E-state index contributed by atoms with van der Waals surface area (Å²) in [7, 11) is 4.51. The predicted octanol–water partition coefficient (Wildman–Crippen LogP) is 7.74. The van der Waals surface area contributed by atoms with E-state index in [1.54, 1.807) is 92.9 Å². The van der Waals surface area contributed by atoms with Crippen LogP contribution >= 0.6 is 0 Å². The van der Waals surface area contributed by atoms with Crippen LogP contribution in [0.15, 0.2) is 109 Å². The van der Waals surface area contributed by atoms with Gasteiger partial charge in [0.1, 0.15) is 23.9 Å². The first-order valence-electron chi connectivity index (χ1n) is 21.2. The highest BCUT2D eigenvalue weighted by Gasteiger charge is 2.16. The van der Waals surface area contributed by atoms with E-state index < -0.39 is 35.7 Å². The van der Waals surface area contributed by atoms with Crippen LogP contribution in [0.4, 0.5) is 17.5 Å². The number of hydrogen-bond donors (Lipinski definition) is 5. The molecule has 0 aliphatic rings. The number of pyridine rings is 3. The Kier molecular flexibility index (Phi) is 22.0. The van der Waals surface area contributed by atoms with Gasteiger partial charge in [0.25, 0.3) is 0 Å². The molecule has 18 heteroatoms. The number of Topliss-reactive ketones (excluding diaryl/α,β-unsaturated/α-hetero) is 3. The lowest BCUT2D eigenvalue weighted by atomic mass is 10.0. The van der Waals surface area contributed by atoms with Gasteiger partial charge >= 0.3 is 5.97 Å². The number of aryl methyl sites for hydroxylation is 4. The third-order valence-corrected chi connectivity index (χ3v) is 9.56. The summed E-state index contributed by atoms with van der Waals surface area (Å²) in [5.74, 6) is -0.658. The number of esters is 1. The Morgan fingerprint density at radius 3 is 1.30 bits per heavy atom. The van der Waals surface area contributed by atoms with Gasteiger partial charge in [-0.2, -0.15) is 15.0 Å². The number of benzene rings is 3. The van der Waals surface area contributed by atoms with E-state index in [-0.39, 0.29) is 41.5 Å². The van der Waals surface area contributed by atoms with Gasteiger partial charge in [0.05, 0.1) is 40.8 Å². The molecule has 0 fully saturated rings. The van der Waals surface area contributed by atoms with Crippen LogP contribution in [0.2, 0.25) is 0 Å². The van der Waals surface area contributed by atoms with Gasteiger partial charge in [-0.15, -0.1) is 0 Å². The molecule has 0 saturated carbocycles. The third-order valence-electron chi connectivity index (χ3n) is 9.56. The zero-order valence-electron chi connectivity index (χ0n) is 39.6. The maximum atomic E-state index is 12.1. The van der Waals surface area contributed by atoms with Crippen LogP contribution in [0.3, 0.4) is 0 Å². The molecule has 0 unspecified atom stereocenters. The quantitative estimate of drug-likeness (QED) is 0.0285. The fourth-order valence-corrected chi connectivity index (χ4v) is 5.58. The molecule has 0 aliphatic heterocycles. The van der Waals surface area contributed by atoms with Crippen molar-refractivity contribution in [2.75, 3.05) is 44.3 Å². The summed E-state index contributed by atoms with van der Waals surface area (Å²) in [6.07, 6.45) is -0.819. The number of phenols is 2. The number of anilines is 3.